The Labute approximate surface area is 110 Å². The summed E-state index contributed by atoms with van der Waals surface area (Å²) in [5.74, 6) is 2.45. The highest BCUT2D eigenvalue weighted by Crippen LogP contribution is 2.24. The van der Waals surface area contributed by atoms with Crippen molar-refractivity contribution in [3.8, 4) is 11.6 Å². The van der Waals surface area contributed by atoms with Crippen LogP contribution in [0.15, 0.2) is 28.0 Å². The van der Waals surface area contributed by atoms with E-state index >= 15 is 0 Å². The van der Waals surface area contributed by atoms with E-state index in [-0.39, 0.29) is 6.61 Å². The number of rotatable bonds is 7. The van der Waals surface area contributed by atoms with Crippen LogP contribution in [-0.2, 0) is 6.54 Å². The van der Waals surface area contributed by atoms with Crippen LogP contribution in [0.3, 0.4) is 0 Å². The highest BCUT2D eigenvalue weighted by molar-refractivity contribution is 7.99. The van der Waals surface area contributed by atoms with Crippen LogP contribution in [0.25, 0.3) is 11.6 Å². The second kappa shape index (κ2) is 6.61. The summed E-state index contributed by atoms with van der Waals surface area (Å²) in [6.07, 6.45) is 3.45. The van der Waals surface area contributed by atoms with Gasteiger partial charge in [0.2, 0.25) is 0 Å². The molecule has 0 unspecified atom stereocenters. The van der Waals surface area contributed by atoms with Gasteiger partial charge in [0.1, 0.15) is 0 Å². The van der Waals surface area contributed by atoms with E-state index < -0.39 is 0 Å². The van der Waals surface area contributed by atoms with Crippen molar-refractivity contribution in [1.82, 2.24) is 14.8 Å². The van der Waals surface area contributed by atoms with Gasteiger partial charge in [-0.25, -0.2) is 0 Å². The molecule has 0 amide bonds. The molecular formula is C12H17N3O2S. The maximum absolute atomic E-state index is 8.74. The zero-order chi connectivity index (χ0) is 12.8. The Hall–Kier alpha value is -1.27. The van der Waals surface area contributed by atoms with Crippen molar-refractivity contribution in [2.24, 2.45) is 0 Å². The van der Waals surface area contributed by atoms with E-state index in [1.54, 1.807) is 18.0 Å². The third-order valence-corrected chi connectivity index (χ3v) is 3.61. The second-order valence-corrected chi connectivity index (χ2v) is 4.87. The second-order valence-electron chi connectivity index (χ2n) is 3.81. The molecule has 98 valence electrons. The Morgan fingerprint density at radius 2 is 2.28 bits per heavy atom. The molecule has 5 nitrogen and oxygen atoms in total. The summed E-state index contributed by atoms with van der Waals surface area (Å²) in [5, 5.41) is 18.0. The molecule has 0 saturated carbocycles. The molecular weight excluding hydrogens is 250 g/mol. The lowest BCUT2D eigenvalue weighted by Gasteiger charge is -2.05. The summed E-state index contributed by atoms with van der Waals surface area (Å²) in [4.78, 5) is 0. The molecule has 0 radical (unpaired) electrons. The molecule has 0 aliphatic carbocycles. The zero-order valence-corrected chi connectivity index (χ0v) is 11.2. The molecule has 2 aromatic rings. The standard InChI is InChI=1S/C12H17N3O2S/c1-2-15-11(10-6-5-8-17-10)13-14-12(15)18-9-4-3-7-16/h5-6,8,16H,2-4,7,9H2,1H3. The van der Waals surface area contributed by atoms with Gasteiger partial charge in [0.15, 0.2) is 16.7 Å². The van der Waals surface area contributed by atoms with Crippen molar-refractivity contribution in [3.05, 3.63) is 18.4 Å². The van der Waals surface area contributed by atoms with Crippen molar-refractivity contribution in [2.75, 3.05) is 12.4 Å². The normalized spacial score (nSPS) is 11.0. The first kappa shape index (κ1) is 13.2. The van der Waals surface area contributed by atoms with Crippen molar-refractivity contribution < 1.29 is 9.52 Å². The van der Waals surface area contributed by atoms with Gasteiger partial charge in [0.25, 0.3) is 0 Å². The van der Waals surface area contributed by atoms with Crippen LogP contribution in [0.4, 0.5) is 0 Å². The molecule has 0 aromatic carbocycles. The minimum atomic E-state index is 0.249. The van der Waals surface area contributed by atoms with Gasteiger partial charge in [-0.2, -0.15) is 0 Å². The largest absolute Gasteiger partial charge is 0.461 e. The predicted molar refractivity (Wildman–Crippen MR) is 70.4 cm³/mol. The Kier molecular flexibility index (Phi) is 4.83. The molecule has 0 atom stereocenters. The average Bonchev–Trinajstić information content (AvgIpc) is 3.02. The van der Waals surface area contributed by atoms with Crippen molar-refractivity contribution in [2.45, 2.75) is 31.5 Å². The van der Waals surface area contributed by atoms with E-state index in [4.69, 9.17) is 9.52 Å². The monoisotopic (exact) mass is 267 g/mol. The summed E-state index contributed by atoms with van der Waals surface area (Å²) in [6, 6.07) is 3.73. The molecule has 0 bridgehead atoms. The molecule has 2 aromatic heterocycles. The van der Waals surface area contributed by atoms with Gasteiger partial charge in [0, 0.05) is 18.9 Å². The first-order chi connectivity index (χ1) is 8.86. The number of aromatic nitrogens is 3. The van der Waals surface area contributed by atoms with Gasteiger partial charge in [-0.3, -0.25) is 4.57 Å². The molecule has 0 spiro atoms. The summed E-state index contributed by atoms with van der Waals surface area (Å²) >= 11 is 1.67. The van der Waals surface area contributed by atoms with E-state index in [2.05, 4.69) is 17.1 Å². The summed E-state index contributed by atoms with van der Waals surface area (Å²) in [6.45, 7) is 3.12. The third-order valence-electron chi connectivity index (χ3n) is 2.56. The summed E-state index contributed by atoms with van der Waals surface area (Å²) < 4.78 is 7.40. The Balaban J connectivity index is 2.08. The molecule has 18 heavy (non-hydrogen) atoms. The lowest BCUT2D eigenvalue weighted by Crippen LogP contribution is -1.99. The quantitative estimate of drug-likeness (QED) is 0.616. The van der Waals surface area contributed by atoms with Crippen molar-refractivity contribution >= 4 is 11.8 Å². The summed E-state index contributed by atoms with van der Waals surface area (Å²) in [5.41, 5.74) is 0. The first-order valence-electron chi connectivity index (χ1n) is 6.07. The molecule has 1 N–H and O–H groups in total. The molecule has 0 fully saturated rings. The average molecular weight is 267 g/mol. The summed E-state index contributed by atoms with van der Waals surface area (Å²) in [7, 11) is 0. The Morgan fingerprint density at radius 1 is 1.39 bits per heavy atom. The molecule has 0 aliphatic heterocycles. The number of furan rings is 1. The lowest BCUT2D eigenvalue weighted by atomic mass is 10.4. The van der Waals surface area contributed by atoms with Gasteiger partial charge < -0.3 is 9.52 Å². The van der Waals surface area contributed by atoms with Crippen LogP contribution in [0.5, 0.6) is 0 Å². The van der Waals surface area contributed by atoms with Crippen LogP contribution >= 0.6 is 11.8 Å². The molecule has 2 rings (SSSR count). The fraction of sp³-hybridized carbons (Fsp3) is 0.500. The molecule has 2 heterocycles. The zero-order valence-electron chi connectivity index (χ0n) is 10.4. The first-order valence-corrected chi connectivity index (χ1v) is 7.06. The van der Waals surface area contributed by atoms with E-state index in [0.717, 1.165) is 41.9 Å². The van der Waals surface area contributed by atoms with E-state index in [1.165, 1.54) is 0 Å². The smallest absolute Gasteiger partial charge is 0.200 e. The van der Waals surface area contributed by atoms with Crippen LogP contribution < -0.4 is 0 Å². The third kappa shape index (κ3) is 2.94. The fourth-order valence-electron chi connectivity index (χ4n) is 1.65. The van der Waals surface area contributed by atoms with Crippen LogP contribution in [0.2, 0.25) is 0 Å². The van der Waals surface area contributed by atoms with Crippen LogP contribution in [-0.4, -0.2) is 32.2 Å². The number of hydrogen-bond donors (Lipinski definition) is 1. The predicted octanol–water partition coefficient (Wildman–Crippen LogP) is 2.42. The van der Waals surface area contributed by atoms with Crippen LogP contribution in [0, 0.1) is 0 Å². The number of unbranched alkanes of at least 4 members (excludes halogenated alkanes) is 1. The van der Waals surface area contributed by atoms with E-state index in [1.807, 2.05) is 16.7 Å². The van der Waals surface area contributed by atoms with E-state index in [9.17, 15) is 0 Å². The van der Waals surface area contributed by atoms with Gasteiger partial charge in [-0.15, -0.1) is 10.2 Å². The van der Waals surface area contributed by atoms with E-state index in [0.29, 0.717) is 0 Å². The maximum Gasteiger partial charge on any atom is 0.200 e. The molecule has 6 heteroatoms. The SMILES string of the molecule is CCn1c(SCCCCO)nnc1-c1ccco1. The van der Waals surface area contributed by atoms with Gasteiger partial charge >= 0.3 is 0 Å². The van der Waals surface area contributed by atoms with Gasteiger partial charge in [-0.05, 0) is 31.9 Å². The minimum Gasteiger partial charge on any atom is -0.461 e. The number of thioether (sulfide) groups is 1. The van der Waals surface area contributed by atoms with Gasteiger partial charge in [0.05, 0.1) is 6.26 Å². The van der Waals surface area contributed by atoms with Gasteiger partial charge in [-0.1, -0.05) is 11.8 Å². The maximum atomic E-state index is 8.74. The number of aliphatic hydroxyl groups excluding tert-OH is 1. The minimum absolute atomic E-state index is 0.249. The number of nitrogens with zero attached hydrogens (tertiary/aromatic N) is 3. The molecule has 0 saturated heterocycles. The lowest BCUT2D eigenvalue weighted by molar-refractivity contribution is 0.287. The highest BCUT2D eigenvalue weighted by atomic mass is 32.2. The number of hydrogen-bond acceptors (Lipinski definition) is 5. The Morgan fingerprint density at radius 3 is 2.94 bits per heavy atom. The number of aliphatic hydroxyl groups is 1. The van der Waals surface area contributed by atoms with Crippen molar-refractivity contribution in [3.63, 3.8) is 0 Å². The van der Waals surface area contributed by atoms with Crippen molar-refractivity contribution in [1.29, 1.82) is 0 Å². The highest BCUT2D eigenvalue weighted by Gasteiger charge is 2.14. The molecule has 0 aliphatic rings. The van der Waals surface area contributed by atoms with Crippen LogP contribution in [0.1, 0.15) is 19.8 Å². The fourth-order valence-corrected chi connectivity index (χ4v) is 2.65. The Bertz CT molecular complexity index is 468. The topological polar surface area (TPSA) is 64.1 Å².